The minimum absolute atomic E-state index is 1.07. The molecule has 21 heavy (non-hydrogen) atoms. The van der Waals surface area contributed by atoms with Gasteiger partial charge in [-0.25, -0.2) is 0 Å². The number of benzene rings is 1. The molecule has 0 aliphatic rings. The fourth-order valence-electron chi connectivity index (χ4n) is 2.69. The number of anilines is 1. The van der Waals surface area contributed by atoms with Crippen LogP contribution in [0.5, 0.6) is 0 Å². The molecule has 0 saturated carbocycles. The van der Waals surface area contributed by atoms with Crippen molar-refractivity contribution in [3.63, 3.8) is 0 Å². The molecule has 0 unspecified atom stereocenters. The first-order chi connectivity index (χ1) is 10.3. The monoisotopic (exact) mass is 290 g/mol. The number of rotatable bonds is 11. The summed E-state index contributed by atoms with van der Waals surface area (Å²) in [6, 6.07) is 8.98. The van der Waals surface area contributed by atoms with Crippen LogP contribution in [-0.2, 0) is 6.54 Å². The molecule has 0 N–H and O–H groups in total. The highest BCUT2D eigenvalue weighted by molar-refractivity contribution is 5.53. The smallest absolute Gasteiger partial charge is 0.0411 e. The third kappa shape index (κ3) is 6.09. The molecule has 0 spiro atoms. The molecule has 0 fully saturated rings. The molecule has 1 aromatic rings. The summed E-state index contributed by atoms with van der Waals surface area (Å²) in [7, 11) is 0. The van der Waals surface area contributed by atoms with Crippen molar-refractivity contribution in [3.05, 3.63) is 29.8 Å². The van der Waals surface area contributed by atoms with Gasteiger partial charge in [0.15, 0.2) is 0 Å². The predicted molar refractivity (Wildman–Crippen MR) is 95.1 cm³/mol. The van der Waals surface area contributed by atoms with Gasteiger partial charge in [-0.3, -0.25) is 4.90 Å². The highest BCUT2D eigenvalue weighted by Crippen LogP contribution is 2.23. The van der Waals surface area contributed by atoms with Crippen LogP contribution in [0.2, 0.25) is 0 Å². The second-order valence-corrected chi connectivity index (χ2v) is 5.78. The Morgan fingerprint density at radius 3 is 1.90 bits per heavy atom. The molecule has 120 valence electrons. The first-order valence-electron chi connectivity index (χ1n) is 8.81. The molecule has 0 aliphatic heterocycles. The molecular formula is C19H34N2. The Kier molecular flexibility index (Phi) is 9.16. The van der Waals surface area contributed by atoms with Crippen LogP contribution in [-0.4, -0.2) is 31.1 Å². The first kappa shape index (κ1) is 18.0. The summed E-state index contributed by atoms with van der Waals surface area (Å²) in [5.74, 6) is 0. The Hall–Kier alpha value is -1.02. The van der Waals surface area contributed by atoms with Crippen molar-refractivity contribution in [1.82, 2.24) is 4.90 Å². The van der Waals surface area contributed by atoms with E-state index in [1.54, 1.807) is 0 Å². The number of hydrogen-bond acceptors (Lipinski definition) is 2. The van der Waals surface area contributed by atoms with Crippen molar-refractivity contribution in [2.45, 2.75) is 59.9 Å². The normalized spacial score (nSPS) is 11.1. The van der Waals surface area contributed by atoms with E-state index < -0.39 is 0 Å². The van der Waals surface area contributed by atoms with Crippen molar-refractivity contribution in [2.24, 2.45) is 0 Å². The zero-order valence-electron chi connectivity index (χ0n) is 14.6. The van der Waals surface area contributed by atoms with E-state index in [4.69, 9.17) is 0 Å². The Morgan fingerprint density at radius 2 is 1.38 bits per heavy atom. The molecule has 0 aliphatic carbocycles. The molecule has 1 aromatic carbocycles. The third-order valence-electron chi connectivity index (χ3n) is 4.18. The topological polar surface area (TPSA) is 6.48 Å². The minimum atomic E-state index is 1.07. The van der Waals surface area contributed by atoms with Gasteiger partial charge in [0.1, 0.15) is 0 Å². The van der Waals surface area contributed by atoms with Crippen LogP contribution >= 0.6 is 0 Å². The van der Waals surface area contributed by atoms with Gasteiger partial charge in [0.25, 0.3) is 0 Å². The maximum absolute atomic E-state index is 2.60. The third-order valence-corrected chi connectivity index (χ3v) is 4.18. The largest absolute Gasteiger partial charge is 0.371 e. The van der Waals surface area contributed by atoms with Crippen molar-refractivity contribution in [1.29, 1.82) is 0 Å². The van der Waals surface area contributed by atoms with Crippen LogP contribution in [0.15, 0.2) is 24.3 Å². The zero-order valence-corrected chi connectivity index (χ0v) is 14.6. The van der Waals surface area contributed by atoms with Gasteiger partial charge in [-0.2, -0.15) is 0 Å². The molecule has 0 heterocycles. The second-order valence-electron chi connectivity index (χ2n) is 5.78. The van der Waals surface area contributed by atoms with E-state index in [9.17, 15) is 0 Å². The standard InChI is InChI=1S/C19H34N2/c1-5-9-15-21(16-10-6-2)19-14-12-11-13-18(19)17-20(7-3)8-4/h11-14H,5-10,15-17H2,1-4H3. The van der Waals surface area contributed by atoms with E-state index in [0.29, 0.717) is 0 Å². The quantitative estimate of drug-likeness (QED) is 0.570. The van der Waals surface area contributed by atoms with Crippen molar-refractivity contribution in [2.75, 3.05) is 31.1 Å². The summed E-state index contributed by atoms with van der Waals surface area (Å²) in [6.07, 6.45) is 5.09. The van der Waals surface area contributed by atoms with Crippen LogP contribution in [0.3, 0.4) is 0 Å². The van der Waals surface area contributed by atoms with E-state index in [1.807, 2.05) is 0 Å². The van der Waals surface area contributed by atoms with E-state index >= 15 is 0 Å². The lowest BCUT2D eigenvalue weighted by molar-refractivity contribution is 0.296. The maximum atomic E-state index is 2.60. The summed E-state index contributed by atoms with van der Waals surface area (Å²) in [4.78, 5) is 5.10. The lowest BCUT2D eigenvalue weighted by atomic mass is 10.1. The fraction of sp³-hybridized carbons (Fsp3) is 0.684. The van der Waals surface area contributed by atoms with E-state index in [2.05, 4.69) is 61.8 Å². The first-order valence-corrected chi connectivity index (χ1v) is 8.81. The van der Waals surface area contributed by atoms with Crippen LogP contribution in [0.4, 0.5) is 5.69 Å². The van der Waals surface area contributed by atoms with Gasteiger partial charge in [0.2, 0.25) is 0 Å². The van der Waals surface area contributed by atoms with Crippen molar-refractivity contribution in [3.8, 4) is 0 Å². The van der Waals surface area contributed by atoms with E-state index in [1.165, 1.54) is 50.0 Å². The highest BCUT2D eigenvalue weighted by atomic mass is 15.1. The maximum Gasteiger partial charge on any atom is 0.0411 e. The molecule has 0 amide bonds. The number of unbranched alkanes of at least 4 members (excludes halogenated alkanes) is 2. The van der Waals surface area contributed by atoms with Gasteiger partial charge in [-0.05, 0) is 37.6 Å². The highest BCUT2D eigenvalue weighted by Gasteiger charge is 2.12. The number of hydrogen-bond donors (Lipinski definition) is 0. The van der Waals surface area contributed by atoms with Gasteiger partial charge >= 0.3 is 0 Å². The lowest BCUT2D eigenvalue weighted by Gasteiger charge is -2.29. The SMILES string of the molecule is CCCCN(CCCC)c1ccccc1CN(CC)CC. The minimum Gasteiger partial charge on any atom is -0.371 e. The van der Waals surface area contributed by atoms with Gasteiger partial charge in [0.05, 0.1) is 0 Å². The van der Waals surface area contributed by atoms with Crippen LogP contribution < -0.4 is 4.90 Å². The lowest BCUT2D eigenvalue weighted by Crippen LogP contribution is -2.29. The second kappa shape index (κ2) is 10.7. The molecular weight excluding hydrogens is 256 g/mol. The molecule has 0 saturated heterocycles. The molecule has 1 rings (SSSR count). The summed E-state index contributed by atoms with van der Waals surface area (Å²) in [5.41, 5.74) is 2.93. The molecule has 2 heteroatoms. The Labute approximate surface area is 132 Å². The number of nitrogens with zero attached hydrogens (tertiary/aromatic N) is 2. The average molecular weight is 290 g/mol. The van der Waals surface area contributed by atoms with Gasteiger partial charge in [0, 0.05) is 25.3 Å². The van der Waals surface area contributed by atoms with Gasteiger partial charge in [-0.15, -0.1) is 0 Å². The molecule has 0 atom stereocenters. The van der Waals surface area contributed by atoms with Gasteiger partial charge < -0.3 is 4.90 Å². The molecule has 0 radical (unpaired) electrons. The Bertz CT molecular complexity index is 364. The molecule has 0 aromatic heterocycles. The zero-order chi connectivity index (χ0) is 15.5. The van der Waals surface area contributed by atoms with Crippen LogP contribution in [0.1, 0.15) is 58.9 Å². The predicted octanol–water partition coefficient (Wildman–Crippen LogP) is 4.94. The number of para-hydroxylation sites is 1. The van der Waals surface area contributed by atoms with Gasteiger partial charge in [-0.1, -0.05) is 58.7 Å². The summed E-state index contributed by atoms with van der Waals surface area (Å²) >= 11 is 0. The van der Waals surface area contributed by atoms with Crippen LogP contribution in [0, 0.1) is 0 Å². The average Bonchev–Trinajstić information content (AvgIpc) is 2.53. The fourth-order valence-corrected chi connectivity index (χ4v) is 2.69. The van der Waals surface area contributed by atoms with Crippen molar-refractivity contribution < 1.29 is 0 Å². The van der Waals surface area contributed by atoms with E-state index in [0.717, 1.165) is 19.6 Å². The summed E-state index contributed by atoms with van der Waals surface area (Å²) in [6.45, 7) is 14.7. The molecule has 0 bridgehead atoms. The molecule has 2 nitrogen and oxygen atoms in total. The van der Waals surface area contributed by atoms with E-state index in [-0.39, 0.29) is 0 Å². The Morgan fingerprint density at radius 1 is 0.810 bits per heavy atom. The van der Waals surface area contributed by atoms with Crippen molar-refractivity contribution >= 4 is 5.69 Å². The summed E-state index contributed by atoms with van der Waals surface area (Å²) < 4.78 is 0. The summed E-state index contributed by atoms with van der Waals surface area (Å²) in [5, 5.41) is 0. The van der Waals surface area contributed by atoms with Crippen LogP contribution in [0.25, 0.3) is 0 Å². The Balaban J connectivity index is 2.89.